The van der Waals surface area contributed by atoms with E-state index in [9.17, 15) is 27.6 Å². The van der Waals surface area contributed by atoms with Crippen LogP contribution in [0.25, 0.3) is 0 Å². The number of fused-ring (bicyclic) bond motifs is 1. The number of Topliss-reactive ketones (excluding diaryl/α,β-unsaturated/α-hetero) is 1. The minimum absolute atomic E-state index is 0.0249. The van der Waals surface area contributed by atoms with Crippen LogP contribution in [0.15, 0.2) is 56.6 Å². The second-order valence-corrected chi connectivity index (χ2v) is 5.98. The second-order valence-electron chi connectivity index (χ2n) is 5.98. The van der Waals surface area contributed by atoms with Crippen molar-refractivity contribution in [3.63, 3.8) is 0 Å². The molecule has 2 aromatic rings. The Morgan fingerprint density at radius 3 is 2.48 bits per heavy atom. The van der Waals surface area contributed by atoms with Crippen LogP contribution in [-0.4, -0.2) is 17.7 Å². The molecule has 29 heavy (non-hydrogen) atoms. The molecule has 0 fully saturated rings. The number of anilines is 1. The van der Waals surface area contributed by atoms with Crippen LogP contribution < -0.4 is 16.0 Å². The number of hydrogen-bond donors (Lipinski definition) is 1. The lowest BCUT2D eigenvalue weighted by molar-refractivity contribution is -0.137. The standard InChI is InChI=1S/C18H12F3N5O3/c1-9(27)8-14(28)22-13-7-6-12-15(24-17(29)23-12)16(13)26-25-11-5-3-2-4-10(11)18(19,20)21/h2-7H,8H2,1H3,(H,22,28). The fourth-order valence-corrected chi connectivity index (χ4v) is 2.52. The van der Waals surface area contributed by atoms with Crippen LogP contribution in [0.1, 0.15) is 18.9 Å². The summed E-state index contributed by atoms with van der Waals surface area (Å²) in [6, 6.07) is 6.45. The van der Waals surface area contributed by atoms with Crippen LogP contribution in [0.3, 0.4) is 0 Å². The van der Waals surface area contributed by atoms with E-state index in [2.05, 4.69) is 25.5 Å². The molecule has 0 saturated heterocycles. The highest BCUT2D eigenvalue weighted by atomic mass is 19.4. The molecule has 11 heteroatoms. The second kappa shape index (κ2) is 7.70. The average molecular weight is 403 g/mol. The van der Waals surface area contributed by atoms with Crippen LogP contribution >= 0.6 is 0 Å². The smallest absolute Gasteiger partial charge is 0.324 e. The maximum Gasteiger partial charge on any atom is 0.418 e. The SMILES string of the molecule is CC(=O)CC(=O)Nc1ccc2c(c1N=Nc1ccccc1C(F)(F)F)=NC(=O)N=2. The molecular formula is C18H12F3N5O3. The number of urea groups is 1. The van der Waals surface area contributed by atoms with Gasteiger partial charge in [-0.2, -0.15) is 23.2 Å². The molecule has 0 radical (unpaired) electrons. The predicted molar refractivity (Wildman–Crippen MR) is 93.7 cm³/mol. The number of hydrogen-bond acceptors (Lipinski definition) is 5. The van der Waals surface area contributed by atoms with Crippen molar-refractivity contribution >= 4 is 34.8 Å². The molecule has 0 aliphatic carbocycles. The molecule has 1 N–H and O–H groups in total. The molecule has 0 unspecified atom stereocenters. The summed E-state index contributed by atoms with van der Waals surface area (Å²) in [7, 11) is 0. The summed E-state index contributed by atoms with van der Waals surface area (Å²) in [6.07, 6.45) is -5.06. The molecule has 3 amide bonds. The van der Waals surface area contributed by atoms with Crippen molar-refractivity contribution < 1.29 is 27.6 Å². The maximum atomic E-state index is 13.1. The first-order valence-corrected chi connectivity index (χ1v) is 8.17. The Morgan fingerprint density at radius 2 is 1.79 bits per heavy atom. The molecule has 0 saturated carbocycles. The summed E-state index contributed by atoms with van der Waals surface area (Å²) in [5.41, 5.74) is -1.58. The number of amides is 3. The van der Waals surface area contributed by atoms with Crippen LogP contribution in [0, 0.1) is 0 Å². The number of ketones is 1. The lowest BCUT2D eigenvalue weighted by Crippen LogP contribution is -2.24. The van der Waals surface area contributed by atoms with Gasteiger partial charge in [-0.1, -0.05) is 12.1 Å². The van der Waals surface area contributed by atoms with Gasteiger partial charge in [-0.05, 0) is 31.2 Å². The number of azo groups is 1. The lowest BCUT2D eigenvalue weighted by Gasteiger charge is -2.09. The summed E-state index contributed by atoms with van der Waals surface area (Å²) in [6.45, 7) is 1.23. The van der Waals surface area contributed by atoms with Gasteiger partial charge < -0.3 is 5.32 Å². The van der Waals surface area contributed by atoms with Gasteiger partial charge in [0.15, 0.2) is 0 Å². The Balaban J connectivity index is 2.09. The molecule has 0 atom stereocenters. The minimum atomic E-state index is -4.65. The van der Waals surface area contributed by atoms with E-state index in [1.54, 1.807) is 0 Å². The molecular weight excluding hydrogens is 391 g/mol. The molecule has 0 aromatic heterocycles. The van der Waals surface area contributed by atoms with Crippen molar-refractivity contribution in [2.75, 3.05) is 5.32 Å². The summed E-state index contributed by atoms with van der Waals surface area (Å²) >= 11 is 0. The summed E-state index contributed by atoms with van der Waals surface area (Å²) in [5, 5.41) is 9.97. The molecule has 2 aromatic carbocycles. The Bertz CT molecular complexity index is 1170. The molecule has 148 valence electrons. The summed E-state index contributed by atoms with van der Waals surface area (Å²) in [4.78, 5) is 41.8. The van der Waals surface area contributed by atoms with Gasteiger partial charge in [0.25, 0.3) is 0 Å². The Hall–Kier alpha value is -3.76. The van der Waals surface area contributed by atoms with E-state index in [1.165, 1.54) is 31.2 Å². The fraction of sp³-hybridized carbons (Fsp3) is 0.167. The van der Waals surface area contributed by atoms with Gasteiger partial charge in [-0.15, -0.1) is 10.2 Å². The number of nitrogens with zero attached hydrogens (tertiary/aromatic N) is 4. The van der Waals surface area contributed by atoms with Gasteiger partial charge in [0.2, 0.25) is 5.91 Å². The zero-order valence-corrected chi connectivity index (χ0v) is 14.8. The predicted octanol–water partition coefficient (Wildman–Crippen LogP) is 3.41. The van der Waals surface area contributed by atoms with E-state index in [1.807, 2.05) is 0 Å². The first kappa shape index (κ1) is 20.0. The Kier molecular flexibility index (Phi) is 5.31. The Labute approximate surface area is 160 Å². The van der Waals surface area contributed by atoms with Crippen molar-refractivity contribution in [2.24, 2.45) is 20.2 Å². The lowest BCUT2D eigenvalue weighted by atomic mass is 10.2. The van der Waals surface area contributed by atoms with Gasteiger partial charge >= 0.3 is 12.2 Å². The van der Waals surface area contributed by atoms with Gasteiger partial charge in [0.1, 0.15) is 16.8 Å². The minimum Gasteiger partial charge on any atom is -0.324 e. The normalized spacial score (nSPS) is 13.0. The van der Waals surface area contributed by atoms with Crippen LogP contribution in [-0.2, 0) is 15.8 Å². The molecule has 3 rings (SSSR count). The van der Waals surface area contributed by atoms with Crippen molar-refractivity contribution in [2.45, 2.75) is 19.5 Å². The molecule has 1 aliphatic rings. The van der Waals surface area contributed by atoms with Gasteiger partial charge in [0.05, 0.1) is 28.7 Å². The molecule has 1 aliphatic heterocycles. The van der Waals surface area contributed by atoms with Gasteiger partial charge in [0, 0.05) is 0 Å². The third-order valence-electron chi connectivity index (χ3n) is 3.70. The number of alkyl halides is 3. The van der Waals surface area contributed by atoms with Crippen molar-refractivity contribution in [1.29, 1.82) is 0 Å². The first-order valence-electron chi connectivity index (χ1n) is 8.17. The maximum absolute atomic E-state index is 13.1. The van der Waals surface area contributed by atoms with Gasteiger partial charge in [-0.25, -0.2) is 4.79 Å². The number of halogens is 3. The number of carbonyl (C=O) groups is 3. The monoisotopic (exact) mass is 403 g/mol. The number of carbonyl (C=O) groups excluding carboxylic acids is 3. The van der Waals surface area contributed by atoms with Crippen LogP contribution in [0.4, 0.5) is 35.0 Å². The van der Waals surface area contributed by atoms with E-state index in [4.69, 9.17) is 0 Å². The highest BCUT2D eigenvalue weighted by Crippen LogP contribution is 2.36. The third-order valence-corrected chi connectivity index (χ3v) is 3.70. The number of rotatable bonds is 5. The van der Waals surface area contributed by atoms with E-state index >= 15 is 0 Å². The van der Waals surface area contributed by atoms with Crippen molar-refractivity contribution in [3.05, 3.63) is 52.7 Å². The third kappa shape index (κ3) is 4.57. The van der Waals surface area contributed by atoms with Crippen LogP contribution in [0.5, 0.6) is 0 Å². The van der Waals surface area contributed by atoms with E-state index in [-0.39, 0.29) is 27.9 Å². The zero-order valence-electron chi connectivity index (χ0n) is 14.8. The van der Waals surface area contributed by atoms with Crippen LogP contribution in [0.2, 0.25) is 0 Å². The largest absolute Gasteiger partial charge is 0.418 e. The van der Waals surface area contributed by atoms with E-state index in [0.717, 1.165) is 12.1 Å². The molecule has 0 spiro atoms. The van der Waals surface area contributed by atoms with Crippen molar-refractivity contribution in [1.82, 2.24) is 0 Å². The zero-order chi connectivity index (χ0) is 21.2. The average Bonchev–Trinajstić information content (AvgIpc) is 3.00. The fourth-order valence-electron chi connectivity index (χ4n) is 2.52. The van der Waals surface area contributed by atoms with E-state index < -0.39 is 35.8 Å². The summed E-state index contributed by atoms with van der Waals surface area (Å²) in [5.74, 6) is -1.05. The van der Waals surface area contributed by atoms with Gasteiger partial charge in [-0.3, -0.25) is 9.59 Å². The Morgan fingerprint density at radius 1 is 1.07 bits per heavy atom. The van der Waals surface area contributed by atoms with E-state index in [0.29, 0.717) is 0 Å². The highest BCUT2D eigenvalue weighted by Gasteiger charge is 2.33. The molecule has 8 nitrogen and oxygen atoms in total. The quantitative estimate of drug-likeness (QED) is 0.610. The number of nitrogens with one attached hydrogen (secondary N) is 1. The van der Waals surface area contributed by atoms with Crippen molar-refractivity contribution in [3.8, 4) is 0 Å². The first-order chi connectivity index (χ1) is 13.6. The highest BCUT2D eigenvalue weighted by molar-refractivity contribution is 6.04. The molecule has 1 heterocycles. The number of benzene rings is 2. The summed E-state index contributed by atoms with van der Waals surface area (Å²) < 4.78 is 39.4. The molecule has 0 bridgehead atoms. The topological polar surface area (TPSA) is 113 Å².